The van der Waals surface area contributed by atoms with E-state index in [9.17, 15) is 5.11 Å². The second kappa shape index (κ2) is 11.3. The molecule has 0 amide bonds. The van der Waals surface area contributed by atoms with Gasteiger partial charge < -0.3 is 10.8 Å². The van der Waals surface area contributed by atoms with E-state index in [1.807, 2.05) is 6.07 Å². The van der Waals surface area contributed by atoms with Crippen molar-refractivity contribution in [3.63, 3.8) is 0 Å². The van der Waals surface area contributed by atoms with Crippen molar-refractivity contribution in [3.8, 4) is 0 Å². The summed E-state index contributed by atoms with van der Waals surface area (Å²) in [5.41, 5.74) is 13.3. The van der Waals surface area contributed by atoms with Gasteiger partial charge in [0.1, 0.15) is 0 Å². The molecule has 0 heterocycles. The van der Waals surface area contributed by atoms with Crippen molar-refractivity contribution in [2.45, 2.75) is 32.1 Å². The molecule has 1 atom stereocenters. The molecular weight excluding hydrogens is 434 g/mol. The lowest BCUT2D eigenvalue weighted by Gasteiger charge is -2.19. The monoisotopic (exact) mass is 463 g/mol. The van der Waals surface area contributed by atoms with Gasteiger partial charge in [-0.15, -0.1) is 0 Å². The molecule has 156 valence electrons. The summed E-state index contributed by atoms with van der Waals surface area (Å²) >= 11 is 3.56. The third kappa shape index (κ3) is 5.48. The summed E-state index contributed by atoms with van der Waals surface area (Å²) in [7, 11) is 0. The Hall–Kier alpha value is -2.20. The maximum absolute atomic E-state index is 9.53. The summed E-state index contributed by atoms with van der Waals surface area (Å²) < 4.78 is 1.06. The van der Waals surface area contributed by atoms with Crippen molar-refractivity contribution in [2.75, 3.05) is 13.2 Å². The maximum Gasteiger partial charge on any atom is 0.0434 e. The summed E-state index contributed by atoms with van der Waals surface area (Å²) in [6.07, 6.45) is 2.58. The van der Waals surface area contributed by atoms with E-state index in [2.05, 4.69) is 95.7 Å². The van der Waals surface area contributed by atoms with Crippen molar-refractivity contribution in [1.82, 2.24) is 0 Å². The molecule has 0 aliphatic rings. The van der Waals surface area contributed by atoms with Crippen LogP contribution in [0.5, 0.6) is 0 Å². The molecule has 0 aliphatic carbocycles. The van der Waals surface area contributed by atoms with Gasteiger partial charge in [-0.2, -0.15) is 0 Å². The Morgan fingerprint density at radius 2 is 1.47 bits per heavy atom. The van der Waals surface area contributed by atoms with Crippen LogP contribution < -0.4 is 5.73 Å². The van der Waals surface area contributed by atoms with Crippen LogP contribution >= 0.6 is 15.9 Å². The zero-order valence-electron chi connectivity index (χ0n) is 17.5. The minimum absolute atomic E-state index is 0.178. The molecule has 30 heavy (non-hydrogen) atoms. The van der Waals surface area contributed by atoms with Crippen LogP contribution in [0.15, 0.2) is 83.3 Å². The largest absolute Gasteiger partial charge is 0.396 e. The van der Waals surface area contributed by atoms with E-state index in [1.165, 1.54) is 33.4 Å². The lowest BCUT2D eigenvalue weighted by molar-refractivity contribution is 0.290. The Morgan fingerprint density at radius 1 is 0.867 bits per heavy atom. The molecule has 0 saturated heterocycles. The first-order valence-corrected chi connectivity index (χ1v) is 11.4. The molecule has 0 spiro atoms. The molecule has 0 saturated carbocycles. The Labute approximate surface area is 188 Å². The van der Waals surface area contributed by atoms with E-state index >= 15 is 0 Å². The minimum Gasteiger partial charge on any atom is -0.396 e. The van der Waals surface area contributed by atoms with Crippen molar-refractivity contribution >= 4 is 27.1 Å². The van der Waals surface area contributed by atoms with Crippen LogP contribution in [-0.2, 0) is 0 Å². The van der Waals surface area contributed by atoms with E-state index < -0.39 is 0 Å². The first kappa shape index (κ1) is 22.5. The average molecular weight is 464 g/mol. The number of halogens is 1. The van der Waals surface area contributed by atoms with Crippen molar-refractivity contribution < 1.29 is 5.11 Å². The van der Waals surface area contributed by atoms with Gasteiger partial charge in [0.05, 0.1) is 0 Å². The second-order valence-electron chi connectivity index (χ2n) is 7.52. The zero-order valence-corrected chi connectivity index (χ0v) is 19.1. The number of benzene rings is 3. The molecule has 3 heteroatoms. The van der Waals surface area contributed by atoms with Crippen LogP contribution in [0.1, 0.15) is 54.4 Å². The van der Waals surface area contributed by atoms with Crippen LogP contribution in [0.2, 0.25) is 0 Å². The average Bonchev–Trinajstić information content (AvgIpc) is 2.79. The number of rotatable bonds is 9. The lowest BCUT2D eigenvalue weighted by atomic mass is 9.86. The highest BCUT2D eigenvalue weighted by molar-refractivity contribution is 9.10. The van der Waals surface area contributed by atoms with Gasteiger partial charge >= 0.3 is 0 Å². The molecule has 3 rings (SSSR count). The quantitative estimate of drug-likeness (QED) is 0.349. The fraction of sp³-hybridized carbons (Fsp3) is 0.259. The molecule has 0 radical (unpaired) electrons. The van der Waals surface area contributed by atoms with Gasteiger partial charge in [-0.3, -0.25) is 0 Å². The predicted octanol–water partition coefficient (Wildman–Crippen LogP) is 6.63. The molecule has 0 aromatic heterocycles. The third-order valence-electron chi connectivity index (χ3n) is 5.59. The van der Waals surface area contributed by atoms with Gasteiger partial charge in [-0.1, -0.05) is 89.6 Å². The van der Waals surface area contributed by atoms with E-state index in [0.29, 0.717) is 12.5 Å². The van der Waals surface area contributed by atoms with Crippen LogP contribution in [0, 0.1) is 0 Å². The van der Waals surface area contributed by atoms with Gasteiger partial charge in [-0.05, 0) is 77.3 Å². The first-order valence-electron chi connectivity index (χ1n) is 10.6. The molecule has 0 aliphatic heterocycles. The van der Waals surface area contributed by atoms with Crippen LogP contribution in [0.3, 0.4) is 0 Å². The van der Waals surface area contributed by atoms with E-state index in [-0.39, 0.29) is 6.61 Å². The highest BCUT2D eigenvalue weighted by Gasteiger charge is 2.15. The summed E-state index contributed by atoms with van der Waals surface area (Å²) in [6.45, 7) is 3.02. The SMILES string of the molecule is CCC(CN)c1ccc(/C(=C(/CCCO)c2ccccc2)c2ccc(Br)cc2)cc1. The molecule has 0 fully saturated rings. The zero-order chi connectivity index (χ0) is 21.3. The fourth-order valence-corrected chi connectivity index (χ4v) is 4.17. The van der Waals surface area contributed by atoms with Crippen molar-refractivity contribution in [3.05, 3.63) is 106 Å². The summed E-state index contributed by atoms with van der Waals surface area (Å²) in [5, 5.41) is 9.53. The molecule has 2 nitrogen and oxygen atoms in total. The number of allylic oxidation sites excluding steroid dienone is 1. The minimum atomic E-state index is 0.178. The lowest BCUT2D eigenvalue weighted by Crippen LogP contribution is -2.11. The van der Waals surface area contributed by atoms with Gasteiger partial charge in [0.15, 0.2) is 0 Å². The maximum atomic E-state index is 9.53. The topological polar surface area (TPSA) is 46.2 Å². The molecule has 0 bridgehead atoms. The molecular formula is C27H30BrNO. The summed E-state index contributed by atoms with van der Waals surface area (Å²) in [4.78, 5) is 0. The van der Waals surface area contributed by atoms with Crippen molar-refractivity contribution in [2.24, 2.45) is 5.73 Å². The number of hydrogen-bond donors (Lipinski definition) is 2. The van der Waals surface area contributed by atoms with E-state index in [1.54, 1.807) is 0 Å². The third-order valence-corrected chi connectivity index (χ3v) is 6.12. The fourth-order valence-electron chi connectivity index (χ4n) is 3.90. The number of aliphatic hydroxyl groups is 1. The van der Waals surface area contributed by atoms with Gasteiger partial charge in [0.25, 0.3) is 0 Å². The number of nitrogens with two attached hydrogens (primary N) is 1. The summed E-state index contributed by atoms with van der Waals surface area (Å²) in [5.74, 6) is 0.391. The number of hydrogen-bond acceptors (Lipinski definition) is 2. The Morgan fingerprint density at radius 3 is 2.00 bits per heavy atom. The van der Waals surface area contributed by atoms with Crippen LogP contribution in [-0.4, -0.2) is 18.3 Å². The van der Waals surface area contributed by atoms with Crippen LogP contribution in [0.4, 0.5) is 0 Å². The molecule has 3 N–H and O–H groups in total. The Bertz CT molecular complexity index is 942. The molecule has 3 aromatic carbocycles. The van der Waals surface area contributed by atoms with Gasteiger partial charge in [-0.25, -0.2) is 0 Å². The van der Waals surface area contributed by atoms with Crippen molar-refractivity contribution in [1.29, 1.82) is 0 Å². The number of aliphatic hydroxyl groups excluding tert-OH is 1. The van der Waals surface area contributed by atoms with Gasteiger partial charge in [0.2, 0.25) is 0 Å². The molecule has 1 unspecified atom stereocenters. The molecule has 3 aromatic rings. The standard InChI is InChI=1S/C27H30BrNO/c1-2-20(19-29)21-10-12-23(13-11-21)27(24-14-16-25(28)17-15-24)26(9-6-18-30)22-7-4-3-5-8-22/h3-5,7-8,10-17,20,30H,2,6,9,18-19,29H2,1H3/b27-26+. The Balaban J connectivity index is 2.18. The van der Waals surface area contributed by atoms with Gasteiger partial charge in [0, 0.05) is 11.1 Å². The van der Waals surface area contributed by atoms with E-state index in [4.69, 9.17) is 5.73 Å². The van der Waals surface area contributed by atoms with Crippen LogP contribution in [0.25, 0.3) is 11.1 Å². The summed E-state index contributed by atoms with van der Waals surface area (Å²) in [6, 6.07) is 27.8. The predicted molar refractivity (Wildman–Crippen MR) is 131 cm³/mol. The van der Waals surface area contributed by atoms with E-state index in [0.717, 1.165) is 23.7 Å². The normalized spacial score (nSPS) is 13.1. The smallest absolute Gasteiger partial charge is 0.0434 e. The Kier molecular flexibility index (Phi) is 8.44. The highest BCUT2D eigenvalue weighted by Crippen LogP contribution is 2.36. The second-order valence-corrected chi connectivity index (χ2v) is 8.43. The highest BCUT2D eigenvalue weighted by atomic mass is 79.9. The first-order chi connectivity index (χ1) is 14.7.